The van der Waals surface area contributed by atoms with E-state index in [-0.39, 0.29) is 0 Å². The Balaban J connectivity index is 2.70. The van der Waals surface area contributed by atoms with Crippen LogP contribution in [0.25, 0.3) is 0 Å². The molecule has 0 aromatic carbocycles. The number of nitrogens with one attached hydrogen (secondary N) is 1. The van der Waals surface area contributed by atoms with Crippen LogP contribution in [-0.4, -0.2) is 16.3 Å². The first kappa shape index (κ1) is 14.2. The summed E-state index contributed by atoms with van der Waals surface area (Å²) in [6.07, 6.45) is 8.84. The van der Waals surface area contributed by atoms with Crippen molar-refractivity contribution in [2.24, 2.45) is 0 Å². The second-order valence-corrected chi connectivity index (χ2v) is 4.64. The highest BCUT2D eigenvalue weighted by Crippen LogP contribution is 2.20. The van der Waals surface area contributed by atoms with Gasteiger partial charge < -0.3 is 5.32 Å². The first-order chi connectivity index (χ1) is 8.26. The van der Waals surface area contributed by atoms with Crippen molar-refractivity contribution < 1.29 is 0 Å². The Hall–Kier alpha value is -0.830. The van der Waals surface area contributed by atoms with Crippen molar-refractivity contribution in [1.82, 2.24) is 15.1 Å². The minimum Gasteiger partial charge on any atom is -0.310 e. The monoisotopic (exact) mass is 237 g/mol. The van der Waals surface area contributed by atoms with Gasteiger partial charge in [-0.25, -0.2) is 0 Å². The van der Waals surface area contributed by atoms with E-state index in [2.05, 4.69) is 49.0 Å². The molecule has 0 bridgehead atoms. The molecular weight excluding hydrogens is 210 g/mol. The summed E-state index contributed by atoms with van der Waals surface area (Å²) in [5, 5.41) is 8.08. The predicted molar refractivity (Wildman–Crippen MR) is 73.2 cm³/mol. The molecule has 0 spiro atoms. The molecule has 1 aromatic heterocycles. The standard InChI is InChI=1S/C14H27N3/c1-5-9-15-14(8-4)12-10-16-17(11-12)13(6-2)7-3/h10-11,13-15H,5-9H2,1-4H3. The highest BCUT2D eigenvalue weighted by Gasteiger charge is 2.13. The van der Waals surface area contributed by atoms with Crippen molar-refractivity contribution in [2.45, 2.75) is 65.5 Å². The quantitative estimate of drug-likeness (QED) is 0.747. The molecule has 0 aliphatic heterocycles. The summed E-state index contributed by atoms with van der Waals surface area (Å²) in [5.41, 5.74) is 1.33. The second kappa shape index (κ2) is 7.49. The van der Waals surface area contributed by atoms with Gasteiger partial charge in [0.25, 0.3) is 0 Å². The van der Waals surface area contributed by atoms with Crippen LogP contribution in [0.4, 0.5) is 0 Å². The van der Waals surface area contributed by atoms with Crippen molar-refractivity contribution in [1.29, 1.82) is 0 Å². The van der Waals surface area contributed by atoms with Crippen LogP contribution in [0.5, 0.6) is 0 Å². The van der Waals surface area contributed by atoms with Gasteiger partial charge in [-0.2, -0.15) is 5.10 Å². The fourth-order valence-electron chi connectivity index (χ4n) is 2.21. The van der Waals surface area contributed by atoms with E-state index in [1.807, 2.05) is 6.20 Å². The van der Waals surface area contributed by atoms with Gasteiger partial charge >= 0.3 is 0 Å². The Labute approximate surface area is 106 Å². The number of hydrogen-bond donors (Lipinski definition) is 1. The number of rotatable bonds is 8. The summed E-state index contributed by atoms with van der Waals surface area (Å²) in [7, 11) is 0. The lowest BCUT2D eigenvalue weighted by molar-refractivity contribution is 0.427. The van der Waals surface area contributed by atoms with E-state index in [0.29, 0.717) is 12.1 Å². The van der Waals surface area contributed by atoms with Gasteiger partial charge in [-0.3, -0.25) is 4.68 Å². The average Bonchev–Trinajstić information content (AvgIpc) is 2.81. The van der Waals surface area contributed by atoms with Gasteiger partial charge in [0, 0.05) is 17.8 Å². The van der Waals surface area contributed by atoms with Gasteiger partial charge in [0.15, 0.2) is 0 Å². The Morgan fingerprint density at radius 1 is 1.18 bits per heavy atom. The predicted octanol–water partition coefficient (Wildman–Crippen LogP) is 3.69. The third kappa shape index (κ3) is 3.84. The van der Waals surface area contributed by atoms with E-state index >= 15 is 0 Å². The van der Waals surface area contributed by atoms with Crippen LogP contribution < -0.4 is 5.32 Å². The van der Waals surface area contributed by atoms with E-state index in [4.69, 9.17) is 0 Å². The Morgan fingerprint density at radius 2 is 1.88 bits per heavy atom. The molecular formula is C14H27N3. The molecule has 1 atom stereocenters. The molecule has 3 nitrogen and oxygen atoms in total. The third-order valence-corrected chi connectivity index (χ3v) is 3.39. The van der Waals surface area contributed by atoms with Crippen molar-refractivity contribution in [2.75, 3.05) is 6.54 Å². The molecule has 0 aliphatic rings. The van der Waals surface area contributed by atoms with Crippen LogP contribution in [0.2, 0.25) is 0 Å². The lowest BCUT2D eigenvalue weighted by Gasteiger charge is -2.15. The molecule has 3 heteroatoms. The minimum atomic E-state index is 0.457. The van der Waals surface area contributed by atoms with Crippen molar-refractivity contribution in [3.8, 4) is 0 Å². The number of hydrogen-bond acceptors (Lipinski definition) is 2. The lowest BCUT2D eigenvalue weighted by atomic mass is 10.1. The molecule has 0 amide bonds. The summed E-state index contributed by atoms with van der Waals surface area (Å²) in [6, 6.07) is 1.01. The van der Waals surface area contributed by atoms with Gasteiger partial charge in [0.05, 0.1) is 12.2 Å². The topological polar surface area (TPSA) is 29.9 Å². The van der Waals surface area contributed by atoms with E-state index in [0.717, 1.165) is 25.8 Å². The molecule has 17 heavy (non-hydrogen) atoms. The Kier molecular flexibility index (Phi) is 6.27. The van der Waals surface area contributed by atoms with E-state index in [1.165, 1.54) is 12.0 Å². The highest BCUT2D eigenvalue weighted by atomic mass is 15.3. The molecule has 0 saturated heterocycles. The first-order valence-corrected chi connectivity index (χ1v) is 7.04. The minimum absolute atomic E-state index is 0.457. The molecule has 1 aromatic rings. The average molecular weight is 237 g/mol. The molecule has 1 heterocycles. The van der Waals surface area contributed by atoms with E-state index in [1.54, 1.807) is 0 Å². The molecule has 0 saturated carbocycles. The van der Waals surface area contributed by atoms with Crippen LogP contribution in [0.1, 0.15) is 71.0 Å². The molecule has 98 valence electrons. The Morgan fingerprint density at radius 3 is 2.41 bits per heavy atom. The normalized spacial score (nSPS) is 13.2. The van der Waals surface area contributed by atoms with Gasteiger partial charge in [0.2, 0.25) is 0 Å². The van der Waals surface area contributed by atoms with Crippen molar-refractivity contribution in [3.63, 3.8) is 0 Å². The summed E-state index contributed by atoms with van der Waals surface area (Å²) < 4.78 is 2.13. The summed E-state index contributed by atoms with van der Waals surface area (Å²) in [6.45, 7) is 9.95. The maximum Gasteiger partial charge on any atom is 0.0537 e. The van der Waals surface area contributed by atoms with Crippen molar-refractivity contribution >= 4 is 0 Å². The molecule has 1 N–H and O–H groups in total. The van der Waals surface area contributed by atoms with Crippen LogP contribution in [0, 0.1) is 0 Å². The van der Waals surface area contributed by atoms with Gasteiger partial charge in [-0.15, -0.1) is 0 Å². The van der Waals surface area contributed by atoms with Gasteiger partial charge in [-0.05, 0) is 32.2 Å². The van der Waals surface area contributed by atoms with Crippen LogP contribution in [-0.2, 0) is 0 Å². The van der Waals surface area contributed by atoms with Crippen LogP contribution >= 0.6 is 0 Å². The fourth-order valence-corrected chi connectivity index (χ4v) is 2.21. The molecule has 0 radical (unpaired) electrons. The molecule has 0 fully saturated rings. The van der Waals surface area contributed by atoms with Crippen molar-refractivity contribution in [3.05, 3.63) is 18.0 Å². The van der Waals surface area contributed by atoms with Gasteiger partial charge in [0.1, 0.15) is 0 Å². The van der Waals surface area contributed by atoms with E-state index in [9.17, 15) is 0 Å². The molecule has 1 unspecified atom stereocenters. The molecule has 0 aliphatic carbocycles. The fraction of sp³-hybridized carbons (Fsp3) is 0.786. The third-order valence-electron chi connectivity index (χ3n) is 3.39. The lowest BCUT2D eigenvalue weighted by Crippen LogP contribution is -2.21. The number of nitrogens with zero attached hydrogens (tertiary/aromatic N) is 2. The van der Waals surface area contributed by atoms with Gasteiger partial charge in [-0.1, -0.05) is 27.7 Å². The second-order valence-electron chi connectivity index (χ2n) is 4.64. The zero-order valence-corrected chi connectivity index (χ0v) is 11.7. The molecule has 1 rings (SSSR count). The first-order valence-electron chi connectivity index (χ1n) is 7.04. The smallest absolute Gasteiger partial charge is 0.0537 e. The zero-order valence-electron chi connectivity index (χ0n) is 11.7. The Bertz CT molecular complexity index is 302. The zero-order chi connectivity index (χ0) is 12.7. The maximum atomic E-state index is 4.51. The SMILES string of the molecule is CCCNC(CC)c1cnn(C(CC)CC)c1. The number of aromatic nitrogens is 2. The summed E-state index contributed by atoms with van der Waals surface area (Å²) >= 11 is 0. The largest absolute Gasteiger partial charge is 0.310 e. The summed E-state index contributed by atoms with van der Waals surface area (Å²) in [4.78, 5) is 0. The van der Waals surface area contributed by atoms with Crippen LogP contribution in [0.3, 0.4) is 0 Å². The highest BCUT2D eigenvalue weighted by molar-refractivity contribution is 5.10. The maximum absolute atomic E-state index is 4.51. The van der Waals surface area contributed by atoms with E-state index < -0.39 is 0 Å². The summed E-state index contributed by atoms with van der Waals surface area (Å²) in [5.74, 6) is 0. The van der Waals surface area contributed by atoms with Crippen LogP contribution in [0.15, 0.2) is 12.4 Å².